The number of ether oxygens (including phenoxy) is 1. The van der Waals surface area contributed by atoms with Gasteiger partial charge in [-0.15, -0.1) is 0 Å². The van der Waals surface area contributed by atoms with E-state index < -0.39 is 6.43 Å². The molecule has 5 aliphatic rings. The molecule has 4 saturated carbocycles. The van der Waals surface area contributed by atoms with Crippen LogP contribution in [0.5, 0.6) is 0 Å². The van der Waals surface area contributed by atoms with Crippen molar-refractivity contribution in [1.82, 2.24) is 4.90 Å². The Morgan fingerprint density at radius 3 is 2.53 bits per heavy atom. The van der Waals surface area contributed by atoms with Gasteiger partial charge in [-0.2, -0.15) is 0 Å². The third-order valence-electron chi connectivity index (χ3n) is 10.2. The normalized spacial score (nSPS) is 46.9. The Labute approximate surface area is 180 Å². The Hall–Kier alpha value is -0.550. The Kier molecular flexibility index (Phi) is 5.98. The number of halogens is 2. The van der Waals surface area contributed by atoms with Crippen LogP contribution in [0.2, 0.25) is 0 Å². The second kappa shape index (κ2) is 8.42. The molecule has 5 fully saturated rings. The monoisotopic (exact) mass is 423 g/mol. The molecule has 8 unspecified atom stereocenters. The molecule has 3 nitrogen and oxygen atoms in total. The van der Waals surface area contributed by atoms with Gasteiger partial charge in [-0.05, 0) is 92.8 Å². The summed E-state index contributed by atoms with van der Waals surface area (Å²) in [5, 5.41) is 0. The Morgan fingerprint density at radius 1 is 1.00 bits per heavy atom. The first-order valence-electron chi connectivity index (χ1n) is 12.6. The number of morpholine rings is 1. The summed E-state index contributed by atoms with van der Waals surface area (Å²) in [5.41, 5.74) is 0.164. The van der Waals surface area contributed by atoms with Gasteiger partial charge in [0.1, 0.15) is 5.78 Å². The van der Waals surface area contributed by atoms with Crippen LogP contribution in [0, 0.1) is 46.8 Å². The predicted octanol–water partition coefficient (Wildman–Crippen LogP) is 5.04. The van der Waals surface area contributed by atoms with Gasteiger partial charge in [0, 0.05) is 24.9 Å². The van der Waals surface area contributed by atoms with Gasteiger partial charge in [-0.3, -0.25) is 9.69 Å². The number of rotatable bonds is 4. The van der Waals surface area contributed by atoms with Crippen molar-refractivity contribution < 1.29 is 18.3 Å². The van der Waals surface area contributed by atoms with Crippen LogP contribution in [-0.2, 0) is 9.53 Å². The molecule has 5 rings (SSSR count). The lowest BCUT2D eigenvalue weighted by atomic mass is 9.49. The molecule has 0 aromatic rings. The van der Waals surface area contributed by atoms with Crippen LogP contribution in [-0.4, -0.2) is 50.0 Å². The third kappa shape index (κ3) is 3.66. The number of hydrogen-bond donors (Lipinski definition) is 0. The van der Waals surface area contributed by atoms with Crippen molar-refractivity contribution in [2.75, 3.05) is 32.8 Å². The molecule has 0 radical (unpaired) electrons. The molecule has 170 valence electrons. The lowest BCUT2D eigenvalue weighted by molar-refractivity contribution is -0.132. The molecule has 1 saturated heterocycles. The summed E-state index contributed by atoms with van der Waals surface area (Å²) in [4.78, 5) is 15.6. The van der Waals surface area contributed by atoms with E-state index in [2.05, 4.69) is 11.8 Å². The number of fused-ring (bicyclic) bond motifs is 5. The second-order valence-corrected chi connectivity index (χ2v) is 11.4. The molecule has 0 bridgehead atoms. The maximum absolute atomic E-state index is 13.3. The minimum absolute atomic E-state index is 0.164. The lowest BCUT2D eigenvalue weighted by Gasteiger charge is -2.56. The quantitative estimate of drug-likeness (QED) is 0.635. The average Bonchev–Trinajstić information content (AvgIpc) is 3.11. The van der Waals surface area contributed by atoms with Crippen LogP contribution >= 0.6 is 0 Å². The van der Waals surface area contributed by atoms with E-state index in [0.717, 1.165) is 70.2 Å². The molecule has 4 aliphatic carbocycles. The zero-order valence-corrected chi connectivity index (χ0v) is 18.5. The van der Waals surface area contributed by atoms with Crippen molar-refractivity contribution in [3.8, 4) is 0 Å². The number of alkyl halides is 2. The molecule has 1 aliphatic heterocycles. The van der Waals surface area contributed by atoms with Crippen molar-refractivity contribution in [3.05, 3.63) is 0 Å². The van der Waals surface area contributed by atoms with Crippen LogP contribution in [0.25, 0.3) is 0 Å². The van der Waals surface area contributed by atoms with E-state index >= 15 is 0 Å². The van der Waals surface area contributed by atoms with Crippen LogP contribution in [0.4, 0.5) is 8.78 Å². The first-order valence-corrected chi connectivity index (χ1v) is 12.6. The molecule has 0 aromatic heterocycles. The maximum atomic E-state index is 13.3. The number of carbonyl (C=O) groups excluding carboxylic acids is 1. The predicted molar refractivity (Wildman–Crippen MR) is 112 cm³/mol. The average molecular weight is 424 g/mol. The minimum Gasteiger partial charge on any atom is -0.379 e. The van der Waals surface area contributed by atoms with E-state index in [4.69, 9.17) is 4.74 Å². The first kappa shape index (κ1) is 21.3. The maximum Gasteiger partial charge on any atom is 0.241 e. The standard InChI is InChI=1S/C25H39F2NO2/c1-25-9-8-19-18-4-3-17(24(26)27)14-16(18)2-5-20(19)21(25)6-7-22(25)23(29)15-28-10-12-30-13-11-28/h16-22,24H,2-15H2,1H3. The fourth-order valence-electron chi connectivity index (χ4n) is 8.74. The van der Waals surface area contributed by atoms with Crippen molar-refractivity contribution in [1.29, 1.82) is 0 Å². The number of carbonyl (C=O) groups is 1. The highest BCUT2D eigenvalue weighted by molar-refractivity contribution is 5.84. The van der Waals surface area contributed by atoms with E-state index in [1.807, 2.05) is 0 Å². The van der Waals surface area contributed by atoms with Crippen LogP contribution in [0.3, 0.4) is 0 Å². The molecular weight excluding hydrogens is 384 g/mol. The van der Waals surface area contributed by atoms with Crippen molar-refractivity contribution in [2.24, 2.45) is 46.8 Å². The van der Waals surface area contributed by atoms with Crippen LogP contribution in [0.1, 0.15) is 64.7 Å². The summed E-state index contributed by atoms with van der Waals surface area (Å²) in [6.45, 7) is 6.28. The number of nitrogens with zero attached hydrogens (tertiary/aromatic N) is 1. The smallest absolute Gasteiger partial charge is 0.241 e. The highest BCUT2D eigenvalue weighted by Crippen LogP contribution is 2.64. The number of Topliss-reactive ketones (excluding diaryl/α,β-unsaturated/α-hetero) is 1. The SMILES string of the molecule is CC12CCC3C4CCC(C(F)F)CC4CCC3C1CCC2C(=O)CN1CCOCC1. The lowest BCUT2D eigenvalue weighted by Crippen LogP contribution is -2.50. The fraction of sp³-hybridized carbons (Fsp3) is 0.960. The molecule has 0 spiro atoms. The number of hydrogen-bond acceptors (Lipinski definition) is 3. The van der Waals surface area contributed by atoms with Gasteiger partial charge < -0.3 is 4.74 Å². The van der Waals surface area contributed by atoms with E-state index in [1.54, 1.807) is 0 Å². The second-order valence-electron chi connectivity index (χ2n) is 11.4. The highest BCUT2D eigenvalue weighted by atomic mass is 19.3. The van der Waals surface area contributed by atoms with Gasteiger partial charge in [0.25, 0.3) is 0 Å². The van der Waals surface area contributed by atoms with E-state index in [-0.39, 0.29) is 17.3 Å². The zero-order chi connectivity index (χ0) is 20.9. The van der Waals surface area contributed by atoms with Crippen molar-refractivity contribution in [3.63, 3.8) is 0 Å². The minimum atomic E-state index is -2.13. The summed E-state index contributed by atoms with van der Waals surface area (Å²) in [6.07, 6.45) is 7.39. The van der Waals surface area contributed by atoms with Gasteiger partial charge in [-0.25, -0.2) is 8.78 Å². The Balaban J connectivity index is 1.26. The van der Waals surface area contributed by atoms with Gasteiger partial charge in [0.15, 0.2) is 0 Å². The summed E-state index contributed by atoms with van der Waals surface area (Å²) in [6, 6.07) is 0. The van der Waals surface area contributed by atoms with Gasteiger partial charge in [0.2, 0.25) is 6.43 Å². The van der Waals surface area contributed by atoms with Gasteiger partial charge in [-0.1, -0.05) is 6.92 Å². The summed E-state index contributed by atoms with van der Waals surface area (Å²) >= 11 is 0. The Bertz CT molecular complexity index is 637. The van der Waals surface area contributed by atoms with E-state index in [0.29, 0.717) is 30.1 Å². The molecule has 0 N–H and O–H groups in total. The molecule has 30 heavy (non-hydrogen) atoms. The third-order valence-corrected chi connectivity index (χ3v) is 10.2. The first-order chi connectivity index (χ1) is 14.5. The zero-order valence-electron chi connectivity index (χ0n) is 18.5. The molecule has 0 aromatic carbocycles. The van der Waals surface area contributed by atoms with Crippen LogP contribution in [0.15, 0.2) is 0 Å². The van der Waals surface area contributed by atoms with E-state index in [1.165, 1.54) is 25.7 Å². The highest BCUT2D eigenvalue weighted by Gasteiger charge is 2.58. The van der Waals surface area contributed by atoms with Crippen molar-refractivity contribution >= 4 is 5.78 Å². The Morgan fingerprint density at radius 2 is 1.77 bits per heavy atom. The van der Waals surface area contributed by atoms with Gasteiger partial charge in [0.05, 0.1) is 19.8 Å². The molecule has 1 heterocycles. The molecular formula is C25H39F2NO2. The summed E-state index contributed by atoms with van der Waals surface area (Å²) in [7, 11) is 0. The van der Waals surface area contributed by atoms with Gasteiger partial charge >= 0.3 is 0 Å². The van der Waals surface area contributed by atoms with Crippen LogP contribution < -0.4 is 0 Å². The molecule has 8 atom stereocenters. The van der Waals surface area contributed by atoms with E-state index in [9.17, 15) is 13.6 Å². The fourth-order valence-corrected chi connectivity index (χ4v) is 8.74. The molecule has 0 amide bonds. The number of ketones is 1. The summed E-state index contributed by atoms with van der Waals surface area (Å²) in [5.74, 6) is 3.66. The van der Waals surface area contributed by atoms with Crippen molar-refractivity contribution in [2.45, 2.75) is 71.1 Å². The largest absolute Gasteiger partial charge is 0.379 e. The molecule has 5 heteroatoms. The summed E-state index contributed by atoms with van der Waals surface area (Å²) < 4.78 is 32.0. The topological polar surface area (TPSA) is 29.5 Å².